The van der Waals surface area contributed by atoms with Gasteiger partial charge in [0.1, 0.15) is 17.1 Å². The van der Waals surface area contributed by atoms with Gasteiger partial charge in [0.2, 0.25) is 0 Å². The van der Waals surface area contributed by atoms with Gasteiger partial charge in [-0.2, -0.15) is 0 Å². The van der Waals surface area contributed by atoms with Gasteiger partial charge in [-0.25, -0.2) is 4.39 Å². The van der Waals surface area contributed by atoms with E-state index in [0.29, 0.717) is 35.5 Å². The van der Waals surface area contributed by atoms with E-state index in [-0.39, 0.29) is 16.9 Å². The molecule has 0 aliphatic carbocycles. The van der Waals surface area contributed by atoms with Crippen LogP contribution < -0.4 is 5.32 Å². The predicted octanol–water partition coefficient (Wildman–Crippen LogP) is 3.08. The normalized spacial score (nSPS) is 13.2. The molecule has 2 aromatic heterocycles. The SMILES string of the molecule is O=C1NCCc2[nH]c(-c3ccnc(-c4cccc(F)c4)c3)c([N+](=O)[O-])c21. The van der Waals surface area contributed by atoms with E-state index >= 15 is 0 Å². The van der Waals surface area contributed by atoms with Gasteiger partial charge in [0, 0.05) is 36.0 Å². The molecule has 0 saturated carbocycles. The molecule has 7 nitrogen and oxygen atoms in total. The van der Waals surface area contributed by atoms with E-state index in [0.717, 1.165) is 0 Å². The van der Waals surface area contributed by atoms with Gasteiger partial charge < -0.3 is 10.3 Å². The van der Waals surface area contributed by atoms with Crippen molar-refractivity contribution >= 4 is 11.6 Å². The molecule has 3 aromatic rings. The van der Waals surface area contributed by atoms with Crippen LogP contribution >= 0.6 is 0 Å². The number of nitro groups is 1. The van der Waals surface area contributed by atoms with E-state index in [1.54, 1.807) is 24.3 Å². The van der Waals surface area contributed by atoms with Crippen molar-refractivity contribution in [2.75, 3.05) is 6.54 Å². The Bertz CT molecular complexity index is 1040. The van der Waals surface area contributed by atoms with Crippen LogP contribution in [0, 0.1) is 15.9 Å². The van der Waals surface area contributed by atoms with Crippen LogP contribution in [-0.4, -0.2) is 27.3 Å². The number of rotatable bonds is 3. The average molecular weight is 352 g/mol. The number of hydrogen-bond donors (Lipinski definition) is 2. The monoisotopic (exact) mass is 352 g/mol. The lowest BCUT2D eigenvalue weighted by Crippen LogP contribution is -2.31. The Morgan fingerprint density at radius 2 is 2.04 bits per heavy atom. The number of carbonyl (C=O) groups excluding carboxylic acids is 1. The van der Waals surface area contributed by atoms with Crippen LogP contribution in [0.1, 0.15) is 16.1 Å². The lowest BCUT2D eigenvalue weighted by molar-refractivity contribution is -0.384. The molecule has 1 aliphatic rings. The molecule has 0 unspecified atom stereocenters. The fourth-order valence-corrected chi connectivity index (χ4v) is 3.15. The van der Waals surface area contributed by atoms with Crippen molar-refractivity contribution in [3.05, 3.63) is 69.8 Å². The summed E-state index contributed by atoms with van der Waals surface area (Å²) in [4.78, 5) is 30.4. The lowest BCUT2D eigenvalue weighted by atomic mass is 10.0. The molecule has 1 aromatic carbocycles. The Morgan fingerprint density at radius 3 is 2.81 bits per heavy atom. The maximum absolute atomic E-state index is 13.5. The zero-order valence-corrected chi connectivity index (χ0v) is 13.5. The highest BCUT2D eigenvalue weighted by atomic mass is 19.1. The molecule has 130 valence electrons. The molecular formula is C18H13FN4O3. The van der Waals surface area contributed by atoms with Crippen molar-refractivity contribution < 1.29 is 14.1 Å². The number of nitrogens with one attached hydrogen (secondary N) is 2. The highest BCUT2D eigenvalue weighted by molar-refractivity contribution is 6.03. The van der Waals surface area contributed by atoms with Crippen LogP contribution in [0.3, 0.4) is 0 Å². The zero-order chi connectivity index (χ0) is 18.3. The van der Waals surface area contributed by atoms with Crippen molar-refractivity contribution in [1.29, 1.82) is 0 Å². The number of aromatic amines is 1. The molecular weight excluding hydrogens is 339 g/mol. The zero-order valence-electron chi connectivity index (χ0n) is 13.5. The van der Waals surface area contributed by atoms with Gasteiger partial charge in [-0.05, 0) is 24.3 Å². The fourth-order valence-electron chi connectivity index (χ4n) is 3.15. The molecule has 0 spiro atoms. The summed E-state index contributed by atoms with van der Waals surface area (Å²) in [7, 11) is 0. The summed E-state index contributed by atoms with van der Waals surface area (Å²) < 4.78 is 13.5. The second-order valence-electron chi connectivity index (χ2n) is 5.91. The van der Waals surface area contributed by atoms with Crippen molar-refractivity contribution in [3.63, 3.8) is 0 Å². The minimum atomic E-state index is -0.558. The van der Waals surface area contributed by atoms with Gasteiger partial charge in [0.25, 0.3) is 5.91 Å². The maximum Gasteiger partial charge on any atom is 0.307 e. The summed E-state index contributed by atoms with van der Waals surface area (Å²) in [5.74, 6) is -0.854. The maximum atomic E-state index is 13.5. The molecule has 3 heterocycles. The second kappa shape index (κ2) is 6.07. The van der Waals surface area contributed by atoms with Gasteiger partial charge in [0.15, 0.2) is 0 Å². The number of H-pyrrole nitrogens is 1. The standard InChI is InChI=1S/C18H13FN4O3/c19-12-3-1-2-10(8-12)14-9-11(4-6-20-14)16-17(23(25)26)15-13(22-16)5-7-21-18(15)24/h1-4,6,8-9,22H,5,7H2,(H,21,24). The molecule has 0 radical (unpaired) electrons. The lowest BCUT2D eigenvalue weighted by Gasteiger charge is -2.10. The summed E-state index contributed by atoms with van der Waals surface area (Å²) in [5.41, 5.74) is 2.15. The number of hydrogen-bond acceptors (Lipinski definition) is 4. The Morgan fingerprint density at radius 1 is 1.19 bits per heavy atom. The first-order valence-corrected chi connectivity index (χ1v) is 7.94. The van der Waals surface area contributed by atoms with Gasteiger partial charge in [-0.1, -0.05) is 12.1 Å². The predicted molar refractivity (Wildman–Crippen MR) is 92.1 cm³/mol. The van der Waals surface area contributed by atoms with Crippen molar-refractivity contribution in [2.24, 2.45) is 0 Å². The largest absolute Gasteiger partial charge is 0.352 e. The van der Waals surface area contributed by atoms with Crippen molar-refractivity contribution in [1.82, 2.24) is 15.3 Å². The summed E-state index contributed by atoms with van der Waals surface area (Å²) >= 11 is 0. The first kappa shape index (κ1) is 15.9. The quantitative estimate of drug-likeness (QED) is 0.559. The molecule has 0 saturated heterocycles. The molecule has 4 rings (SSSR count). The van der Waals surface area contributed by atoms with E-state index in [4.69, 9.17) is 0 Å². The van der Waals surface area contributed by atoms with E-state index in [1.165, 1.54) is 18.3 Å². The van der Waals surface area contributed by atoms with Crippen LogP contribution in [0.2, 0.25) is 0 Å². The summed E-state index contributed by atoms with van der Waals surface area (Å²) in [5, 5.41) is 14.2. The summed E-state index contributed by atoms with van der Waals surface area (Å²) in [6.45, 7) is 0.424. The van der Waals surface area contributed by atoms with Gasteiger partial charge in [-0.3, -0.25) is 19.9 Å². The summed E-state index contributed by atoms with van der Waals surface area (Å²) in [6, 6.07) is 9.20. The Labute approximate surface area is 147 Å². The number of halogens is 1. The molecule has 2 N–H and O–H groups in total. The first-order chi connectivity index (χ1) is 12.5. The van der Waals surface area contributed by atoms with Crippen molar-refractivity contribution in [3.8, 4) is 22.5 Å². The summed E-state index contributed by atoms with van der Waals surface area (Å²) in [6.07, 6.45) is 1.99. The molecule has 8 heteroatoms. The third-order valence-corrected chi connectivity index (χ3v) is 4.29. The number of amides is 1. The number of fused-ring (bicyclic) bond motifs is 1. The Kier molecular flexibility index (Phi) is 3.72. The third-order valence-electron chi connectivity index (χ3n) is 4.29. The second-order valence-corrected chi connectivity index (χ2v) is 5.91. The van der Waals surface area contributed by atoms with Gasteiger partial charge in [0.05, 0.1) is 10.6 Å². The highest BCUT2D eigenvalue weighted by Gasteiger charge is 2.34. The molecule has 0 bridgehead atoms. The molecule has 26 heavy (non-hydrogen) atoms. The smallest absolute Gasteiger partial charge is 0.307 e. The third kappa shape index (κ3) is 2.61. The van der Waals surface area contributed by atoms with Crippen LogP contribution in [0.25, 0.3) is 22.5 Å². The van der Waals surface area contributed by atoms with E-state index in [9.17, 15) is 19.3 Å². The van der Waals surface area contributed by atoms with E-state index in [1.807, 2.05) is 0 Å². The van der Waals surface area contributed by atoms with Crippen LogP contribution in [0.4, 0.5) is 10.1 Å². The van der Waals surface area contributed by atoms with Gasteiger partial charge in [-0.15, -0.1) is 0 Å². The number of nitrogens with zero attached hydrogens (tertiary/aromatic N) is 2. The number of aromatic nitrogens is 2. The molecule has 0 fully saturated rings. The minimum absolute atomic E-state index is 0.0698. The number of benzene rings is 1. The molecule has 0 atom stereocenters. The van der Waals surface area contributed by atoms with Crippen LogP contribution in [0.5, 0.6) is 0 Å². The van der Waals surface area contributed by atoms with E-state index in [2.05, 4.69) is 15.3 Å². The van der Waals surface area contributed by atoms with E-state index < -0.39 is 16.6 Å². The van der Waals surface area contributed by atoms with Crippen LogP contribution in [-0.2, 0) is 6.42 Å². The molecule has 1 aliphatic heterocycles. The average Bonchev–Trinajstić information content (AvgIpc) is 3.03. The van der Waals surface area contributed by atoms with Crippen LogP contribution in [0.15, 0.2) is 42.6 Å². The fraction of sp³-hybridized carbons (Fsp3) is 0.111. The Balaban J connectivity index is 1.88. The highest BCUT2D eigenvalue weighted by Crippen LogP contribution is 2.37. The number of carbonyl (C=O) groups is 1. The minimum Gasteiger partial charge on any atom is -0.352 e. The first-order valence-electron chi connectivity index (χ1n) is 7.94. The number of pyridine rings is 1. The molecule has 1 amide bonds. The Hall–Kier alpha value is -3.55. The van der Waals surface area contributed by atoms with Crippen molar-refractivity contribution in [2.45, 2.75) is 6.42 Å². The van der Waals surface area contributed by atoms with Gasteiger partial charge >= 0.3 is 5.69 Å². The topological polar surface area (TPSA) is 101 Å².